The number of carbonyl (C=O) groups excluding carboxylic acids is 1. The second-order valence-electron chi connectivity index (χ2n) is 7.24. The molecule has 0 fully saturated rings. The number of methoxy groups -OCH3 is 1. The highest BCUT2D eigenvalue weighted by atomic mass is 127. The Morgan fingerprint density at radius 3 is 2.55 bits per heavy atom. The standard InChI is InChI=1S/C22H19F2IN6O2/c1-12-10-30(11-26-12)18-6-5-14(7-20(18)33-4)21-27-22(29(3)28-21)31(13(2)32)19-9-16(24)15(23)8-17(19)25/h5-11H,1-4H3. The third-order valence-corrected chi connectivity index (χ3v) is 5.78. The molecule has 170 valence electrons. The van der Waals surface area contributed by atoms with E-state index in [1.807, 2.05) is 52.4 Å². The van der Waals surface area contributed by atoms with Crippen LogP contribution in [0, 0.1) is 22.1 Å². The number of anilines is 2. The first-order chi connectivity index (χ1) is 15.7. The Bertz CT molecular complexity index is 1370. The van der Waals surface area contributed by atoms with Crippen LogP contribution in [-0.2, 0) is 11.8 Å². The maximum atomic E-state index is 14.0. The largest absolute Gasteiger partial charge is 0.495 e. The molecular weight excluding hydrogens is 545 g/mol. The van der Waals surface area contributed by atoms with Gasteiger partial charge in [-0.3, -0.25) is 4.79 Å². The molecular formula is C22H19F2IN6O2. The number of amides is 1. The van der Waals surface area contributed by atoms with Gasteiger partial charge >= 0.3 is 0 Å². The number of imidazole rings is 1. The maximum absolute atomic E-state index is 14.0. The lowest BCUT2D eigenvalue weighted by molar-refractivity contribution is -0.115. The molecule has 8 nitrogen and oxygen atoms in total. The number of nitrogens with zero attached hydrogens (tertiary/aromatic N) is 6. The monoisotopic (exact) mass is 564 g/mol. The van der Waals surface area contributed by atoms with Crippen LogP contribution >= 0.6 is 22.6 Å². The third-order valence-electron chi connectivity index (χ3n) is 4.91. The summed E-state index contributed by atoms with van der Waals surface area (Å²) in [5, 5.41) is 4.43. The molecule has 4 aromatic rings. The SMILES string of the molecule is COc1cc(-c2nc(N(C(C)=O)c3cc(F)c(F)cc3I)n(C)n2)ccc1-n1cnc(C)c1. The summed E-state index contributed by atoms with van der Waals surface area (Å²) in [5.41, 5.74) is 2.48. The van der Waals surface area contributed by atoms with E-state index in [1.165, 1.54) is 16.5 Å². The maximum Gasteiger partial charge on any atom is 0.235 e. The van der Waals surface area contributed by atoms with Crippen LogP contribution in [0.2, 0.25) is 0 Å². The van der Waals surface area contributed by atoms with Crippen LogP contribution in [0.4, 0.5) is 20.4 Å². The lowest BCUT2D eigenvalue weighted by Gasteiger charge is -2.21. The minimum Gasteiger partial charge on any atom is -0.495 e. The van der Waals surface area contributed by atoms with Gasteiger partial charge in [0.15, 0.2) is 17.5 Å². The fraction of sp³-hybridized carbons (Fsp3) is 0.182. The van der Waals surface area contributed by atoms with Crippen molar-refractivity contribution in [3.05, 3.63) is 63.8 Å². The summed E-state index contributed by atoms with van der Waals surface area (Å²) in [6, 6.07) is 7.46. The van der Waals surface area contributed by atoms with Gasteiger partial charge in [0.1, 0.15) is 5.75 Å². The summed E-state index contributed by atoms with van der Waals surface area (Å²) in [7, 11) is 3.18. The zero-order valence-electron chi connectivity index (χ0n) is 18.2. The van der Waals surface area contributed by atoms with Gasteiger partial charge in [-0.1, -0.05) is 0 Å². The first-order valence-corrected chi connectivity index (χ1v) is 10.8. The minimum atomic E-state index is -1.06. The zero-order chi connectivity index (χ0) is 23.9. The Balaban J connectivity index is 1.78. The molecule has 0 spiro atoms. The van der Waals surface area contributed by atoms with Gasteiger partial charge < -0.3 is 9.30 Å². The molecule has 4 rings (SSSR count). The molecule has 1 amide bonds. The Morgan fingerprint density at radius 2 is 1.91 bits per heavy atom. The van der Waals surface area contributed by atoms with E-state index >= 15 is 0 Å². The number of hydrogen-bond donors (Lipinski definition) is 0. The third kappa shape index (κ3) is 4.32. The lowest BCUT2D eigenvalue weighted by Crippen LogP contribution is -2.27. The molecule has 0 aliphatic carbocycles. The van der Waals surface area contributed by atoms with Crippen molar-refractivity contribution in [2.24, 2.45) is 7.05 Å². The van der Waals surface area contributed by atoms with Crippen LogP contribution in [0.15, 0.2) is 42.9 Å². The molecule has 0 bridgehead atoms. The van der Waals surface area contributed by atoms with Crippen LogP contribution in [-0.4, -0.2) is 37.3 Å². The van der Waals surface area contributed by atoms with Gasteiger partial charge in [-0.25, -0.2) is 23.3 Å². The van der Waals surface area contributed by atoms with Crippen molar-refractivity contribution in [1.29, 1.82) is 0 Å². The second kappa shape index (κ2) is 8.89. The predicted octanol–water partition coefficient (Wildman–Crippen LogP) is 4.55. The van der Waals surface area contributed by atoms with Crippen molar-refractivity contribution in [2.75, 3.05) is 12.0 Å². The Labute approximate surface area is 202 Å². The molecule has 0 aliphatic heterocycles. The number of halogens is 3. The molecule has 0 N–H and O–H groups in total. The Hall–Kier alpha value is -3.35. The summed E-state index contributed by atoms with van der Waals surface area (Å²) in [4.78, 5) is 22.4. The zero-order valence-corrected chi connectivity index (χ0v) is 20.3. The lowest BCUT2D eigenvalue weighted by atomic mass is 10.1. The molecule has 0 atom stereocenters. The van der Waals surface area contributed by atoms with E-state index in [1.54, 1.807) is 26.6 Å². The highest BCUT2D eigenvalue weighted by Crippen LogP contribution is 2.33. The van der Waals surface area contributed by atoms with Gasteiger partial charge in [0, 0.05) is 35.4 Å². The van der Waals surface area contributed by atoms with Crippen molar-refractivity contribution >= 4 is 40.1 Å². The minimum absolute atomic E-state index is 0.162. The molecule has 0 aliphatic rings. The first kappa shape index (κ1) is 22.8. The number of hydrogen-bond acceptors (Lipinski definition) is 5. The van der Waals surface area contributed by atoms with E-state index in [9.17, 15) is 13.6 Å². The van der Waals surface area contributed by atoms with Gasteiger partial charge in [0.2, 0.25) is 11.9 Å². The molecule has 11 heteroatoms. The normalized spacial score (nSPS) is 11.0. The van der Waals surface area contributed by atoms with Crippen molar-refractivity contribution in [3.63, 3.8) is 0 Å². The highest BCUT2D eigenvalue weighted by Gasteiger charge is 2.25. The number of benzene rings is 2. The molecule has 2 aromatic carbocycles. The number of ether oxygens (including phenoxy) is 1. The molecule has 0 saturated carbocycles. The fourth-order valence-corrected chi connectivity index (χ4v) is 4.05. The number of aromatic nitrogens is 5. The van der Waals surface area contributed by atoms with E-state index in [0.717, 1.165) is 23.5 Å². The summed E-state index contributed by atoms with van der Waals surface area (Å²) < 4.78 is 36.7. The Morgan fingerprint density at radius 1 is 1.18 bits per heavy atom. The van der Waals surface area contributed by atoms with Gasteiger partial charge in [0.25, 0.3) is 0 Å². The predicted molar refractivity (Wildman–Crippen MR) is 127 cm³/mol. The van der Waals surface area contributed by atoms with E-state index in [4.69, 9.17) is 4.74 Å². The number of carbonyl (C=O) groups is 1. The second-order valence-corrected chi connectivity index (χ2v) is 8.40. The highest BCUT2D eigenvalue weighted by molar-refractivity contribution is 14.1. The first-order valence-electron chi connectivity index (χ1n) is 9.75. The van der Waals surface area contributed by atoms with Crippen molar-refractivity contribution in [2.45, 2.75) is 13.8 Å². The van der Waals surface area contributed by atoms with Crippen LogP contribution in [0.1, 0.15) is 12.6 Å². The van der Waals surface area contributed by atoms with Crippen LogP contribution < -0.4 is 9.64 Å². The summed E-state index contributed by atoms with van der Waals surface area (Å²) in [6.07, 6.45) is 3.57. The molecule has 0 radical (unpaired) electrons. The topological polar surface area (TPSA) is 78.1 Å². The van der Waals surface area contributed by atoms with Crippen LogP contribution in [0.25, 0.3) is 17.1 Å². The number of rotatable bonds is 5. The summed E-state index contributed by atoms with van der Waals surface area (Å²) in [5.74, 6) is -1.40. The quantitative estimate of drug-likeness (QED) is 0.263. The molecule has 2 aromatic heterocycles. The van der Waals surface area contributed by atoms with Gasteiger partial charge in [-0.15, -0.1) is 5.10 Å². The smallest absolute Gasteiger partial charge is 0.235 e. The van der Waals surface area contributed by atoms with Crippen molar-refractivity contribution in [3.8, 4) is 22.8 Å². The van der Waals surface area contributed by atoms with Crippen LogP contribution in [0.5, 0.6) is 5.75 Å². The molecule has 2 heterocycles. The van der Waals surface area contributed by atoms with Crippen LogP contribution in [0.3, 0.4) is 0 Å². The molecule has 33 heavy (non-hydrogen) atoms. The van der Waals surface area contributed by atoms with E-state index in [0.29, 0.717) is 20.7 Å². The average Bonchev–Trinajstić information content (AvgIpc) is 3.37. The fourth-order valence-electron chi connectivity index (χ4n) is 3.38. The molecule has 0 unspecified atom stereocenters. The van der Waals surface area contributed by atoms with E-state index in [2.05, 4.69) is 15.1 Å². The van der Waals surface area contributed by atoms with E-state index < -0.39 is 17.5 Å². The van der Waals surface area contributed by atoms with Crippen molar-refractivity contribution < 1.29 is 18.3 Å². The molecule has 0 saturated heterocycles. The van der Waals surface area contributed by atoms with Gasteiger partial charge in [0.05, 0.1) is 30.5 Å². The number of aryl methyl sites for hydroxylation is 2. The van der Waals surface area contributed by atoms with Crippen molar-refractivity contribution in [1.82, 2.24) is 24.3 Å². The van der Waals surface area contributed by atoms with Gasteiger partial charge in [-0.2, -0.15) is 4.98 Å². The Kier molecular flexibility index (Phi) is 6.15. The average molecular weight is 564 g/mol. The van der Waals surface area contributed by atoms with E-state index in [-0.39, 0.29) is 11.6 Å². The summed E-state index contributed by atoms with van der Waals surface area (Å²) in [6.45, 7) is 3.21. The summed E-state index contributed by atoms with van der Waals surface area (Å²) >= 11 is 1.85. The van der Waals surface area contributed by atoms with Gasteiger partial charge in [-0.05, 0) is 53.8 Å².